The number of rotatable bonds is 6. The van der Waals surface area contributed by atoms with Gasteiger partial charge in [-0.2, -0.15) is 16.1 Å². The molecule has 1 rings (SSSR count). The molecule has 0 spiro atoms. The quantitative estimate of drug-likeness (QED) is 0.877. The fraction of sp³-hybridized carbons (Fsp3) is 0.571. The molecule has 1 unspecified atom stereocenters. The lowest BCUT2D eigenvalue weighted by molar-refractivity contribution is 0.414. The molecule has 0 fully saturated rings. The minimum atomic E-state index is -3.45. The number of benzene rings is 1. The minimum Gasteiger partial charge on any atom is -0.388 e. The highest BCUT2D eigenvalue weighted by Crippen LogP contribution is 2.27. The summed E-state index contributed by atoms with van der Waals surface area (Å²) in [6, 6.07) is 3.71. The fourth-order valence-corrected chi connectivity index (χ4v) is 4.80. The SMILES string of the molecule is CNc1cc(C)c(S(=O)(=O)N(C)C(C)CSC)c(C)c1. The van der Waals surface area contributed by atoms with Crippen LogP contribution >= 0.6 is 11.8 Å². The molecule has 1 N–H and O–H groups in total. The topological polar surface area (TPSA) is 49.4 Å². The predicted octanol–water partition coefficient (Wildman–Crippen LogP) is 2.72. The second-order valence-electron chi connectivity index (χ2n) is 5.01. The van der Waals surface area contributed by atoms with Crippen LogP contribution in [0.15, 0.2) is 17.0 Å². The number of sulfonamides is 1. The van der Waals surface area contributed by atoms with Gasteiger partial charge in [-0.15, -0.1) is 0 Å². The van der Waals surface area contributed by atoms with Gasteiger partial charge in [0.1, 0.15) is 0 Å². The maximum Gasteiger partial charge on any atom is 0.243 e. The Hall–Kier alpha value is -0.720. The number of hydrogen-bond acceptors (Lipinski definition) is 4. The lowest BCUT2D eigenvalue weighted by Crippen LogP contribution is -2.37. The molecule has 0 bridgehead atoms. The first-order valence-electron chi connectivity index (χ1n) is 6.51. The summed E-state index contributed by atoms with van der Waals surface area (Å²) < 4.78 is 27.0. The normalized spacial score (nSPS) is 13.6. The van der Waals surface area contributed by atoms with Crippen molar-refractivity contribution in [3.05, 3.63) is 23.3 Å². The van der Waals surface area contributed by atoms with E-state index in [0.717, 1.165) is 22.6 Å². The van der Waals surface area contributed by atoms with E-state index in [-0.39, 0.29) is 6.04 Å². The van der Waals surface area contributed by atoms with E-state index in [2.05, 4.69) is 5.32 Å². The minimum absolute atomic E-state index is 0.0298. The number of hydrogen-bond donors (Lipinski definition) is 1. The Morgan fingerprint density at radius 1 is 1.30 bits per heavy atom. The largest absolute Gasteiger partial charge is 0.388 e. The van der Waals surface area contributed by atoms with E-state index in [1.54, 1.807) is 18.8 Å². The van der Waals surface area contributed by atoms with E-state index >= 15 is 0 Å². The van der Waals surface area contributed by atoms with Crippen molar-refractivity contribution < 1.29 is 8.42 Å². The molecule has 1 atom stereocenters. The van der Waals surface area contributed by atoms with Crippen LogP contribution in [-0.2, 0) is 10.0 Å². The van der Waals surface area contributed by atoms with Crippen LogP contribution in [0.3, 0.4) is 0 Å². The van der Waals surface area contributed by atoms with Crippen molar-refractivity contribution in [2.24, 2.45) is 0 Å². The van der Waals surface area contributed by atoms with Gasteiger partial charge in [-0.25, -0.2) is 8.42 Å². The van der Waals surface area contributed by atoms with Gasteiger partial charge >= 0.3 is 0 Å². The molecule has 0 aliphatic heterocycles. The van der Waals surface area contributed by atoms with Crippen LogP contribution in [-0.4, -0.2) is 44.9 Å². The van der Waals surface area contributed by atoms with Crippen LogP contribution < -0.4 is 5.32 Å². The smallest absolute Gasteiger partial charge is 0.243 e. The summed E-state index contributed by atoms with van der Waals surface area (Å²) >= 11 is 1.65. The van der Waals surface area contributed by atoms with Gasteiger partial charge in [-0.1, -0.05) is 0 Å². The Morgan fingerprint density at radius 2 is 1.80 bits per heavy atom. The highest BCUT2D eigenvalue weighted by Gasteiger charge is 2.28. The van der Waals surface area contributed by atoms with E-state index in [9.17, 15) is 8.42 Å². The van der Waals surface area contributed by atoms with Crippen molar-refractivity contribution in [1.29, 1.82) is 0 Å². The Morgan fingerprint density at radius 3 is 2.20 bits per heavy atom. The lowest BCUT2D eigenvalue weighted by atomic mass is 10.1. The predicted molar refractivity (Wildman–Crippen MR) is 88.3 cm³/mol. The molecule has 114 valence electrons. The van der Waals surface area contributed by atoms with Crippen molar-refractivity contribution in [2.45, 2.75) is 31.7 Å². The molecule has 0 aliphatic rings. The average Bonchev–Trinajstić information content (AvgIpc) is 2.36. The van der Waals surface area contributed by atoms with Crippen LogP contribution in [0.5, 0.6) is 0 Å². The van der Waals surface area contributed by atoms with Gasteiger partial charge in [0.25, 0.3) is 0 Å². The van der Waals surface area contributed by atoms with Crippen LogP contribution in [0.2, 0.25) is 0 Å². The summed E-state index contributed by atoms with van der Waals surface area (Å²) in [5.74, 6) is 0.780. The lowest BCUT2D eigenvalue weighted by Gasteiger charge is -2.25. The molecule has 20 heavy (non-hydrogen) atoms. The van der Waals surface area contributed by atoms with Gasteiger partial charge in [0.05, 0.1) is 4.90 Å². The van der Waals surface area contributed by atoms with Gasteiger partial charge in [-0.3, -0.25) is 0 Å². The van der Waals surface area contributed by atoms with Crippen molar-refractivity contribution >= 4 is 27.5 Å². The van der Waals surface area contributed by atoms with Crippen LogP contribution in [0.1, 0.15) is 18.1 Å². The first-order chi connectivity index (χ1) is 9.25. The zero-order valence-electron chi connectivity index (χ0n) is 13.0. The molecular formula is C14H24N2O2S2. The number of thioether (sulfide) groups is 1. The van der Waals surface area contributed by atoms with Gasteiger partial charge in [0.15, 0.2) is 0 Å². The number of anilines is 1. The zero-order chi connectivity index (χ0) is 15.5. The molecule has 0 saturated heterocycles. The summed E-state index contributed by atoms with van der Waals surface area (Å²) in [7, 11) is 0.0278. The first kappa shape index (κ1) is 17.3. The Bertz CT molecular complexity index is 548. The summed E-state index contributed by atoms with van der Waals surface area (Å²) in [4.78, 5) is 0.423. The molecule has 1 aromatic carbocycles. The summed E-state index contributed by atoms with van der Waals surface area (Å²) in [5.41, 5.74) is 2.48. The Kier molecular flexibility index (Phi) is 5.91. The highest BCUT2D eigenvalue weighted by atomic mass is 32.2. The summed E-state index contributed by atoms with van der Waals surface area (Å²) in [6.45, 7) is 5.61. The van der Waals surface area contributed by atoms with Crippen molar-refractivity contribution in [3.8, 4) is 0 Å². The molecule has 0 saturated carbocycles. The molecule has 1 aromatic rings. The average molecular weight is 316 g/mol. The number of nitrogens with one attached hydrogen (secondary N) is 1. The van der Waals surface area contributed by atoms with E-state index < -0.39 is 10.0 Å². The summed E-state index contributed by atoms with van der Waals surface area (Å²) in [6.07, 6.45) is 1.98. The van der Waals surface area contributed by atoms with Crippen LogP contribution in [0.25, 0.3) is 0 Å². The highest BCUT2D eigenvalue weighted by molar-refractivity contribution is 7.98. The fourth-order valence-electron chi connectivity index (χ4n) is 2.23. The molecule has 0 aromatic heterocycles. The van der Waals surface area contributed by atoms with E-state index in [1.165, 1.54) is 4.31 Å². The second kappa shape index (κ2) is 6.83. The third kappa shape index (κ3) is 3.48. The van der Waals surface area contributed by atoms with Gasteiger partial charge in [0.2, 0.25) is 10.0 Å². The van der Waals surface area contributed by atoms with E-state index in [0.29, 0.717) is 4.90 Å². The van der Waals surface area contributed by atoms with Crippen molar-refractivity contribution in [3.63, 3.8) is 0 Å². The Balaban J connectivity index is 3.29. The molecule has 0 aliphatic carbocycles. The Labute approximate surface area is 127 Å². The molecule has 0 radical (unpaired) electrons. The monoisotopic (exact) mass is 316 g/mol. The zero-order valence-corrected chi connectivity index (χ0v) is 14.7. The molecule has 6 heteroatoms. The number of nitrogens with zero attached hydrogens (tertiary/aromatic N) is 1. The molecule has 0 amide bonds. The summed E-state index contributed by atoms with van der Waals surface area (Å²) in [5, 5.41) is 3.05. The van der Waals surface area contributed by atoms with Gasteiger partial charge in [-0.05, 0) is 50.3 Å². The second-order valence-corrected chi connectivity index (χ2v) is 7.86. The van der Waals surface area contributed by atoms with Crippen molar-refractivity contribution in [1.82, 2.24) is 4.31 Å². The third-order valence-electron chi connectivity index (χ3n) is 3.41. The molecular weight excluding hydrogens is 292 g/mol. The number of aryl methyl sites for hydroxylation is 2. The first-order valence-corrected chi connectivity index (χ1v) is 9.35. The van der Waals surface area contributed by atoms with E-state index in [4.69, 9.17) is 0 Å². The van der Waals surface area contributed by atoms with Gasteiger partial charge in [0, 0.05) is 31.6 Å². The van der Waals surface area contributed by atoms with Crippen LogP contribution in [0.4, 0.5) is 5.69 Å². The maximum absolute atomic E-state index is 12.8. The molecule has 0 heterocycles. The van der Waals surface area contributed by atoms with E-state index in [1.807, 2.05) is 46.2 Å². The van der Waals surface area contributed by atoms with Gasteiger partial charge < -0.3 is 5.32 Å². The third-order valence-corrected chi connectivity index (χ3v) is 6.51. The molecule has 4 nitrogen and oxygen atoms in total. The maximum atomic E-state index is 12.8. The van der Waals surface area contributed by atoms with Crippen LogP contribution in [0, 0.1) is 13.8 Å². The van der Waals surface area contributed by atoms with Crippen molar-refractivity contribution in [2.75, 3.05) is 31.4 Å². The standard InChI is InChI=1S/C14H24N2O2S2/c1-10-7-13(15-4)8-11(2)14(10)20(17,18)16(5)12(3)9-19-6/h7-8,12,15H,9H2,1-6H3.